The molecule has 0 radical (unpaired) electrons. The van der Waals surface area contributed by atoms with Gasteiger partial charge in [-0.2, -0.15) is 0 Å². The number of nitrogens with zero attached hydrogens (tertiary/aromatic N) is 1. The topological polar surface area (TPSA) is 111 Å². The second-order valence-corrected chi connectivity index (χ2v) is 2.11. The first-order chi connectivity index (χ1) is 6.60. The Labute approximate surface area is 80.2 Å². The number of anilines is 1. The van der Waals surface area contributed by atoms with Crippen LogP contribution in [-0.2, 0) is 0 Å². The maximum absolute atomic E-state index is 8.36. The smallest absolute Gasteiger partial charge is 0.291 e. The van der Waals surface area contributed by atoms with E-state index in [1.807, 2.05) is 24.3 Å². The van der Waals surface area contributed by atoms with Crippen LogP contribution in [0.5, 0.6) is 5.75 Å². The van der Waals surface area contributed by atoms with Gasteiger partial charge in [0.15, 0.2) is 0 Å². The highest BCUT2D eigenvalue weighted by atomic mass is 16.9. The molecule has 7 nitrogen and oxygen atoms in total. The van der Waals surface area contributed by atoms with Crippen LogP contribution < -0.4 is 16.0 Å². The van der Waals surface area contributed by atoms with Crippen LogP contribution >= 0.6 is 0 Å². The molecular weight excluding hydrogens is 190 g/mol. The number of benzene rings is 1. The van der Waals surface area contributed by atoms with Gasteiger partial charge >= 0.3 is 0 Å². The molecule has 0 heterocycles. The molecule has 0 aromatic heterocycles. The quantitative estimate of drug-likeness (QED) is 0.367. The summed E-state index contributed by atoms with van der Waals surface area (Å²) in [4.78, 5) is 8.36. The number of hydrogen-bond donors (Lipinski definition) is 3. The summed E-state index contributed by atoms with van der Waals surface area (Å²) in [6.45, 7) is 0. The van der Waals surface area contributed by atoms with E-state index >= 15 is 0 Å². The predicted molar refractivity (Wildman–Crippen MR) is 49.6 cm³/mol. The first kappa shape index (κ1) is 12.0. The molecule has 0 saturated heterocycles. The summed E-state index contributed by atoms with van der Waals surface area (Å²) in [5.41, 5.74) is 3.37. The normalized spacial score (nSPS) is 8.14. The average Bonchev–Trinajstić information content (AvgIpc) is 2.17. The number of hydrogen-bond acceptors (Lipinski definition) is 5. The number of rotatable bonds is 2. The average molecular weight is 201 g/mol. The van der Waals surface area contributed by atoms with E-state index in [2.05, 4.69) is 5.43 Å². The summed E-state index contributed by atoms with van der Waals surface area (Å²) >= 11 is 0. The van der Waals surface area contributed by atoms with Gasteiger partial charge in [0.25, 0.3) is 5.09 Å². The van der Waals surface area contributed by atoms with Crippen molar-refractivity contribution in [2.45, 2.75) is 0 Å². The van der Waals surface area contributed by atoms with Crippen molar-refractivity contribution in [2.75, 3.05) is 12.5 Å². The molecule has 4 N–H and O–H groups in total. The minimum atomic E-state index is -1.50. The first-order valence-electron chi connectivity index (χ1n) is 3.54. The molecule has 1 rings (SSSR count). The van der Waals surface area contributed by atoms with E-state index < -0.39 is 5.09 Å². The minimum Gasteiger partial charge on any atom is -0.497 e. The highest BCUT2D eigenvalue weighted by molar-refractivity contribution is 5.46. The zero-order valence-corrected chi connectivity index (χ0v) is 7.51. The van der Waals surface area contributed by atoms with Gasteiger partial charge in [-0.1, -0.05) is 6.07 Å². The predicted octanol–water partition coefficient (Wildman–Crippen LogP) is 0.633. The van der Waals surface area contributed by atoms with Gasteiger partial charge in [0.1, 0.15) is 5.75 Å². The van der Waals surface area contributed by atoms with E-state index in [1.165, 1.54) is 0 Å². The lowest BCUT2D eigenvalue weighted by molar-refractivity contribution is -0.742. The zero-order chi connectivity index (χ0) is 11.0. The Hall–Kier alpha value is -2.02. The largest absolute Gasteiger partial charge is 0.497 e. The van der Waals surface area contributed by atoms with Gasteiger partial charge < -0.3 is 15.4 Å². The van der Waals surface area contributed by atoms with Gasteiger partial charge in [0.2, 0.25) is 0 Å². The van der Waals surface area contributed by atoms with E-state index in [4.69, 9.17) is 25.9 Å². The monoisotopic (exact) mass is 201 g/mol. The van der Waals surface area contributed by atoms with Crippen molar-refractivity contribution in [2.24, 2.45) is 5.84 Å². The second-order valence-electron chi connectivity index (χ2n) is 2.11. The van der Waals surface area contributed by atoms with Crippen LogP contribution in [0.3, 0.4) is 0 Å². The summed E-state index contributed by atoms with van der Waals surface area (Å²) in [6.07, 6.45) is 0. The van der Waals surface area contributed by atoms with E-state index in [-0.39, 0.29) is 0 Å². The summed E-state index contributed by atoms with van der Waals surface area (Å²) in [6, 6.07) is 7.41. The Morgan fingerprint density at radius 1 is 1.64 bits per heavy atom. The maximum Gasteiger partial charge on any atom is 0.291 e. The van der Waals surface area contributed by atoms with Crippen LogP contribution in [0.2, 0.25) is 0 Å². The molecule has 0 aliphatic carbocycles. The number of nitrogen functional groups attached to an aromatic ring is 1. The molecule has 0 saturated carbocycles. The summed E-state index contributed by atoms with van der Waals surface area (Å²) in [5.74, 6) is 5.97. The van der Waals surface area contributed by atoms with E-state index in [0.29, 0.717) is 0 Å². The van der Waals surface area contributed by atoms with Crippen LogP contribution in [0.1, 0.15) is 0 Å². The van der Waals surface area contributed by atoms with Crippen molar-refractivity contribution in [1.82, 2.24) is 0 Å². The summed E-state index contributed by atoms with van der Waals surface area (Å²) in [5, 5.41) is 13.6. The fraction of sp³-hybridized carbons (Fsp3) is 0.143. The van der Waals surface area contributed by atoms with Crippen molar-refractivity contribution in [3.8, 4) is 5.75 Å². The highest BCUT2D eigenvalue weighted by Crippen LogP contribution is 2.14. The Kier molecular flexibility index (Phi) is 5.55. The molecule has 7 heteroatoms. The lowest BCUT2D eigenvalue weighted by Gasteiger charge is -2.01. The number of ether oxygens (including phenoxy) is 1. The van der Waals surface area contributed by atoms with Crippen molar-refractivity contribution >= 4 is 5.69 Å². The lowest BCUT2D eigenvalue weighted by Crippen LogP contribution is -2.06. The fourth-order valence-corrected chi connectivity index (χ4v) is 0.713. The van der Waals surface area contributed by atoms with Gasteiger partial charge in [-0.05, 0) is 12.1 Å². The van der Waals surface area contributed by atoms with Gasteiger partial charge in [0, 0.05) is 6.07 Å². The van der Waals surface area contributed by atoms with Crippen LogP contribution in [0.25, 0.3) is 0 Å². The van der Waals surface area contributed by atoms with Crippen molar-refractivity contribution in [3.05, 3.63) is 34.4 Å². The van der Waals surface area contributed by atoms with Crippen LogP contribution in [0, 0.1) is 10.1 Å². The molecule has 1 aromatic rings. The van der Waals surface area contributed by atoms with E-state index in [0.717, 1.165) is 11.4 Å². The Morgan fingerprint density at radius 2 is 2.21 bits per heavy atom. The Morgan fingerprint density at radius 3 is 2.64 bits per heavy atom. The lowest BCUT2D eigenvalue weighted by atomic mass is 10.3. The Balaban J connectivity index is 0.000000364. The maximum atomic E-state index is 8.36. The number of nitrogens with one attached hydrogen (secondary N) is 1. The van der Waals surface area contributed by atoms with Crippen molar-refractivity contribution in [1.29, 1.82) is 0 Å². The molecule has 0 aliphatic rings. The third-order valence-corrected chi connectivity index (χ3v) is 1.24. The van der Waals surface area contributed by atoms with Gasteiger partial charge in [0.05, 0.1) is 12.8 Å². The van der Waals surface area contributed by atoms with Crippen molar-refractivity contribution in [3.63, 3.8) is 0 Å². The van der Waals surface area contributed by atoms with E-state index in [1.54, 1.807) is 7.11 Å². The standard InChI is InChI=1S/C7H10N2O.HNO3/c1-10-7-4-2-3-6(5-7)9-8;2-1(3)4/h2-5,9H,8H2,1H3;(H,2,3,4). The number of hydrazine groups is 1. The van der Waals surface area contributed by atoms with Crippen LogP contribution in [-0.4, -0.2) is 17.4 Å². The third-order valence-electron chi connectivity index (χ3n) is 1.24. The summed E-state index contributed by atoms with van der Waals surface area (Å²) in [7, 11) is 1.62. The van der Waals surface area contributed by atoms with Gasteiger partial charge in [-0.3, -0.25) is 5.84 Å². The Bertz CT molecular complexity index is 269. The number of methoxy groups -OCH3 is 1. The molecule has 0 atom stereocenters. The zero-order valence-electron chi connectivity index (χ0n) is 7.51. The fourth-order valence-electron chi connectivity index (χ4n) is 0.713. The van der Waals surface area contributed by atoms with Gasteiger partial charge in [-0.15, -0.1) is 10.1 Å². The third kappa shape index (κ3) is 5.61. The molecule has 0 unspecified atom stereocenters. The SMILES string of the molecule is COc1cccc(NN)c1.O=[N+]([O-])O. The molecule has 0 amide bonds. The van der Waals surface area contributed by atoms with Crippen molar-refractivity contribution < 1.29 is 15.0 Å². The second kappa shape index (κ2) is 6.49. The first-order valence-corrected chi connectivity index (χ1v) is 3.54. The molecule has 0 fully saturated rings. The minimum absolute atomic E-state index is 0.801. The number of nitrogens with two attached hydrogens (primary N) is 1. The molecule has 14 heavy (non-hydrogen) atoms. The van der Waals surface area contributed by atoms with Gasteiger partial charge in [-0.25, -0.2) is 0 Å². The molecular formula is C7H11N3O4. The van der Waals surface area contributed by atoms with Crippen LogP contribution in [0.15, 0.2) is 24.3 Å². The molecule has 0 bridgehead atoms. The highest BCUT2D eigenvalue weighted by Gasteiger charge is 1.90. The summed E-state index contributed by atoms with van der Waals surface area (Å²) < 4.78 is 4.96. The van der Waals surface area contributed by atoms with E-state index in [9.17, 15) is 0 Å². The van der Waals surface area contributed by atoms with Crippen LogP contribution in [0.4, 0.5) is 5.69 Å². The molecule has 0 aliphatic heterocycles. The molecule has 0 spiro atoms. The molecule has 78 valence electrons. The molecule has 1 aromatic carbocycles.